The minimum atomic E-state index is -0.534. The van der Waals surface area contributed by atoms with E-state index in [9.17, 15) is 10.1 Å². The van der Waals surface area contributed by atoms with Crippen LogP contribution in [0.4, 0.5) is 5.69 Å². The SMILES string of the molecule is N#C/C(=C/c1cc(Cl)c(OCc2ccc3ccccc3c2)c(Cl)c1)C(=O)Nc1ccc(Br)cc1. The summed E-state index contributed by atoms with van der Waals surface area (Å²) < 4.78 is 6.78. The number of benzene rings is 4. The van der Waals surface area contributed by atoms with Gasteiger partial charge in [0.15, 0.2) is 5.75 Å². The highest BCUT2D eigenvalue weighted by Gasteiger charge is 2.13. The molecule has 0 saturated carbocycles. The number of hydrogen-bond donors (Lipinski definition) is 1. The van der Waals surface area contributed by atoms with E-state index in [-0.39, 0.29) is 15.6 Å². The molecule has 0 unspecified atom stereocenters. The van der Waals surface area contributed by atoms with Crippen molar-refractivity contribution in [3.63, 3.8) is 0 Å². The predicted octanol–water partition coefficient (Wildman–Crippen LogP) is 8.03. The zero-order valence-electron chi connectivity index (χ0n) is 17.7. The van der Waals surface area contributed by atoms with Gasteiger partial charge in [-0.05, 0) is 70.4 Å². The zero-order valence-corrected chi connectivity index (χ0v) is 20.8. The van der Waals surface area contributed by atoms with Gasteiger partial charge in [0.2, 0.25) is 0 Å². The first-order chi connectivity index (χ1) is 16.4. The van der Waals surface area contributed by atoms with E-state index in [2.05, 4.69) is 33.4 Å². The normalized spacial score (nSPS) is 11.2. The number of hydrogen-bond acceptors (Lipinski definition) is 3. The first-order valence-corrected chi connectivity index (χ1v) is 11.8. The summed E-state index contributed by atoms with van der Waals surface area (Å²) in [6.45, 7) is 0.290. The highest BCUT2D eigenvalue weighted by Crippen LogP contribution is 2.35. The molecular formula is C27H17BrCl2N2O2. The molecule has 1 amide bonds. The molecular weight excluding hydrogens is 535 g/mol. The number of carbonyl (C=O) groups excluding carboxylic acids is 1. The molecule has 0 spiro atoms. The van der Waals surface area contributed by atoms with Crippen LogP contribution in [0.15, 0.2) is 88.9 Å². The average molecular weight is 552 g/mol. The summed E-state index contributed by atoms with van der Waals surface area (Å²) in [5.74, 6) is -0.194. The van der Waals surface area contributed by atoms with Crippen molar-refractivity contribution in [2.75, 3.05) is 5.32 Å². The van der Waals surface area contributed by atoms with Crippen LogP contribution in [0.2, 0.25) is 10.0 Å². The maximum Gasteiger partial charge on any atom is 0.266 e. The molecule has 1 N–H and O–H groups in total. The lowest BCUT2D eigenvalue weighted by Gasteiger charge is -2.12. The fourth-order valence-corrected chi connectivity index (χ4v) is 4.21. The topological polar surface area (TPSA) is 62.1 Å². The lowest BCUT2D eigenvalue weighted by atomic mass is 10.1. The monoisotopic (exact) mass is 550 g/mol. The molecule has 4 aromatic carbocycles. The molecule has 168 valence electrons. The Hall–Kier alpha value is -3.30. The van der Waals surface area contributed by atoms with Gasteiger partial charge >= 0.3 is 0 Å². The number of halogens is 3. The second kappa shape index (κ2) is 10.8. The van der Waals surface area contributed by atoms with Crippen molar-refractivity contribution in [3.8, 4) is 11.8 Å². The van der Waals surface area contributed by atoms with Gasteiger partial charge in [-0.15, -0.1) is 0 Å². The van der Waals surface area contributed by atoms with E-state index in [0.717, 1.165) is 20.8 Å². The minimum Gasteiger partial charge on any atom is -0.486 e. The molecule has 0 bridgehead atoms. The van der Waals surface area contributed by atoms with Gasteiger partial charge in [0.1, 0.15) is 18.2 Å². The van der Waals surface area contributed by atoms with Crippen LogP contribution in [-0.2, 0) is 11.4 Å². The summed E-state index contributed by atoms with van der Waals surface area (Å²) in [7, 11) is 0. The van der Waals surface area contributed by atoms with Crippen molar-refractivity contribution in [1.29, 1.82) is 5.26 Å². The second-order valence-corrected chi connectivity index (χ2v) is 9.14. The fraction of sp³-hybridized carbons (Fsp3) is 0.0370. The molecule has 4 rings (SSSR count). The summed E-state index contributed by atoms with van der Waals surface area (Å²) in [5.41, 5.74) is 1.98. The molecule has 0 aliphatic carbocycles. The lowest BCUT2D eigenvalue weighted by Crippen LogP contribution is -2.13. The number of carbonyl (C=O) groups is 1. The Morgan fingerprint density at radius 1 is 0.971 bits per heavy atom. The van der Waals surface area contributed by atoms with Crippen LogP contribution >= 0.6 is 39.1 Å². The van der Waals surface area contributed by atoms with Crippen molar-refractivity contribution < 1.29 is 9.53 Å². The first kappa shape index (κ1) is 23.8. The fourth-order valence-electron chi connectivity index (χ4n) is 3.33. The van der Waals surface area contributed by atoms with Crippen molar-refractivity contribution in [2.45, 2.75) is 6.61 Å². The molecule has 0 aliphatic rings. The lowest BCUT2D eigenvalue weighted by molar-refractivity contribution is -0.112. The van der Waals surface area contributed by atoms with Crippen LogP contribution in [0.1, 0.15) is 11.1 Å². The molecule has 7 heteroatoms. The van der Waals surface area contributed by atoms with Gasteiger partial charge in [-0.2, -0.15) is 5.26 Å². The van der Waals surface area contributed by atoms with E-state index in [1.165, 1.54) is 6.08 Å². The molecule has 4 aromatic rings. The summed E-state index contributed by atoms with van der Waals surface area (Å²) in [5, 5.41) is 15.0. The number of amides is 1. The second-order valence-electron chi connectivity index (χ2n) is 7.41. The smallest absolute Gasteiger partial charge is 0.266 e. The molecule has 34 heavy (non-hydrogen) atoms. The van der Waals surface area contributed by atoms with Crippen LogP contribution in [0, 0.1) is 11.3 Å². The van der Waals surface area contributed by atoms with Gasteiger partial charge in [-0.1, -0.05) is 75.5 Å². The van der Waals surface area contributed by atoms with Crippen LogP contribution in [0.3, 0.4) is 0 Å². The third kappa shape index (κ3) is 5.78. The van der Waals surface area contributed by atoms with E-state index in [4.69, 9.17) is 27.9 Å². The van der Waals surface area contributed by atoms with Crippen LogP contribution in [0.5, 0.6) is 5.75 Å². The van der Waals surface area contributed by atoms with Crippen LogP contribution < -0.4 is 10.1 Å². The average Bonchev–Trinajstić information content (AvgIpc) is 2.83. The van der Waals surface area contributed by atoms with Gasteiger partial charge in [-0.25, -0.2) is 0 Å². The third-order valence-corrected chi connectivity index (χ3v) is 6.09. The third-order valence-electron chi connectivity index (χ3n) is 5.00. The standard InChI is InChI=1S/C27H17BrCl2N2O2/c28-22-7-9-23(10-8-22)32-27(33)21(15-31)12-18-13-24(29)26(25(30)14-18)34-16-17-5-6-19-3-1-2-4-20(19)11-17/h1-14H,16H2,(H,32,33)/b21-12-. The Bertz CT molecular complexity index is 1420. The molecule has 0 atom stereocenters. The predicted molar refractivity (Wildman–Crippen MR) is 141 cm³/mol. The number of rotatable bonds is 6. The molecule has 0 aliphatic heterocycles. The van der Waals surface area contributed by atoms with Gasteiger partial charge in [0, 0.05) is 10.2 Å². The van der Waals surface area contributed by atoms with E-state index >= 15 is 0 Å². The van der Waals surface area contributed by atoms with E-state index in [0.29, 0.717) is 23.6 Å². The Balaban J connectivity index is 1.50. The molecule has 4 nitrogen and oxygen atoms in total. The van der Waals surface area contributed by atoms with Gasteiger partial charge < -0.3 is 10.1 Å². The Labute approximate surface area is 215 Å². The Morgan fingerprint density at radius 2 is 1.65 bits per heavy atom. The van der Waals surface area contributed by atoms with Gasteiger partial charge in [-0.3, -0.25) is 4.79 Å². The van der Waals surface area contributed by atoms with Crippen LogP contribution in [-0.4, -0.2) is 5.91 Å². The number of ether oxygens (including phenoxy) is 1. The zero-order chi connectivity index (χ0) is 24.1. The number of nitrogens with one attached hydrogen (secondary N) is 1. The largest absolute Gasteiger partial charge is 0.486 e. The van der Waals surface area contributed by atoms with Crippen molar-refractivity contribution in [3.05, 3.63) is 110 Å². The number of fused-ring (bicyclic) bond motifs is 1. The highest BCUT2D eigenvalue weighted by atomic mass is 79.9. The summed E-state index contributed by atoms with van der Waals surface area (Å²) in [4.78, 5) is 12.5. The van der Waals surface area contributed by atoms with Crippen molar-refractivity contribution in [1.82, 2.24) is 0 Å². The van der Waals surface area contributed by atoms with Gasteiger partial charge in [0.25, 0.3) is 5.91 Å². The highest BCUT2D eigenvalue weighted by molar-refractivity contribution is 9.10. The Kier molecular flexibility index (Phi) is 7.54. The molecule has 0 heterocycles. The Morgan fingerprint density at radius 3 is 2.32 bits per heavy atom. The summed E-state index contributed by atoms with van der Waals surface area (Å²) in [6.07, 6.45) is 1.43. The number of anilines is 1. The summed E-state index contributed by atoms with van der Waals surface area (Å²) in [6, 6.07) is 26.3. The number of nitriles is 1. The van der Waals surface area contributed by atoms with Crippen LogP contribution in [0.25, 0.3) is 16.8 Å². The summed E-state index contributed by atoms with van der Waals surface area (Å²) >= 11 is 16.2. The van der Waals surface area contributed by atoms with E-state index in [1.54, 1.807) is 36.4 Å². The first-order valence-electron chi connectivity index (χ1n) is 10.2. The van der Waals surface area contributed by atoms with Gasteiger partial charge in [0.05, 0.1) is 10.0 Å². The molecule has 0 fully saturated rings. The van der Waals surface area contributed by atoms with Crippen molar-refractivity contribution in [2.24, 2.45) is 0 Å². The minimum absolute atomic E-state index is 0.0834. The van der Waals surface area contributed by atoms with Crippen molar-refractivity contribution >= 4 is 67.6 Å². The molecule has 0 aromatic heterocycles. The van der Waals surface area contributed by atoms with E-state index < -0.39 is 5.91 Å². The number of nitrogens with zero attached hydrogens (tertiary/aromatic N) is 1. The molecule has 0 radical (unpaired) electrons. The quantitative estimate of drug-likeness (QED) is 0.195. The van der Waals surface area contributed by atoms with E-state index in [1.807, 2.05) is 36.4 Å². The molecule has 0 saturated heterocycles. The maximum atomic E-state index is 12.5. The maximum absolute atomic E-state index is 12.5.